The second-order valence-corrected chi connectivity index (χ2v) is 13.6. The molecule has 16 nitrogen and oxygen atoms in total. The van der Waals surface area contributed by atoms with E-state index in [-0.39, 0.29) is 31.0 Å². The van der Waals surface area contributed by atoms with Crippen molar-refractivity contribution in [3.05, 3.63) is 60.2 Å². The molecule has 0 spiro atoms. The van der Waals surface area contributed by atoms with Crippen LogP contribution in [0.3, 0.4) is 0 Å². The van der Waals surface area contributed by atoms with Crippen molar-refractivity contribution in [1.29, 1.82) is 0 Å². The molecular weight excluding hydrogens is 662 g/mol. The summed E-state index contributed by atoms with van der Waals surface area (Å²) >= 11 is 6.51. The Morgan fingerprint density at radius 3 is 2.58 bits per heavy atom. The van der Waals surface area contributed by atoms with E-state index in [4.69, 9.17) is 35.9 Å². The Morgan fingerprint density at radius 1 is 1.04 bits per heavy atom. The van der Waals surface area contributed by atoms with Crippen LogP contribution in [-0.2, 0) is 24.9 Å². The number of tetrazole rings is 1. The molecule has 264 valence electrons. The number of benzene rings is 1. The lowest BCUT2D eigenvalue weighted by Gasteiger charge is -2.42. The van der Waals surface area contributed by atoms with E-state index in [2.05, 4.69) is 54.8 Å². The molecule has 0 amide bonds. The lowest BCUT2D eigenvalue weighted by molar-refractivity contribution is -0.0852. The van der Waals surface area contributed by atoms with Gasteiger partial charge in [0, 0.05) is 37.9 Å². The number of rotatable bonds is 12. The van der Waals surface area contributed by atoms with Gasteiger partial charge in [-0.1, -0.05) is 17.7 Å². The summed E-state index contributed by atoms with van der Waals surface area (Å²) in [6.45, 7) is 8.91. The summed E-state index contributed by atoms with van der Waals surface area (Å²) in [5.41, 5.74) is 2.18. The van der Waals surface area contributed by atoms with Crippen molar-refractivity contribution >= 4 is 23.2 Å². The summed E-state index contributed by atoms with van der Waals surface area (Å²) < 4.78 is 23.8. The maximum atomic E-state index is 6.51. The fourth-order valence-corrected chi connectivity index (χ4v) is 6.93. The smallest absolute Gasteiger partial charge is 0.257 e. The van der Waals surface area contributed by atoms with Gasteiger partial charge in [-0.3, -0.25) is 9.58 Å². The number of hydrogen-bond acceptors (Lipinski definition) is 13. The number of halogens is 1. The molecule has 0 unspecified atom stereocenters. The van der Waals surface area contributed by atoms with Crippen LogP contribution < -0.4 is 14.8 Å². The second-order valence-electron chi connectivity index (χ2n) is 13.1. The molecule has 1 aliphatic heterocycles. The molecule has 2 fully saturated rings. The zero-order valence-corrected chi connectivity index (χ0v) is 29.4. The van der Waals surface area contributed by atoms with Crippen molar-refractivity contribution in [3.8, 4) is 22.9 Å². The summed E-state index contributed by atoms with van der Waals surface area (Å²) in [5.74, 6) is 2.06. The van der Waals surface area contributed by atoms with Crippen molar-refractivity contribution in [3.63, 3.8) is 0 Å². The number of aromatic nitrogens is 11. The fourth-order valence-electron chi connectivity index (χ4n) is 6.76. The molecule has 3 atom stereocenters. The molecule has 1 N–H and O–H groups in total. The maximum Gasteiger partial charge on any atom is 0.257 e. The molecule has 1 aromatic carbocycles. The van der Waals surface area contributed by atoms with Crippen LogP contribution in [-0.4, -0.2) is 97.1 Å². The summed E-state index contributed by atoms with van der Waals surface area (Å²) in [5, 5.41) is 28.2. The van der Waals surface area contributed by atoms with Crippen LogP contribution in [0.25, 0.3) is 11.3 Å². The van der Waals surface area contributed by atoms with E-state index in [1.165, 1.54) is 0 Å². The van der Waals surface area contributed by atoms with E-state index in [9.17, 15) is 0 Å². The van der Waals surface area contributed by atoms with Gasteiger partial charge < -0.3 is 24.1 Å². The quantitative estimate of drug-likeness (QED) is 0.194. The Kier molecular flexibility index (Phi) is 10.2. The van der Waals surface area contributed by atoms with Crippen LogP contribution in [0.1, 0.15) is 58.3 Å². The van der Waals surface area contributed by atoms with Gasteiger partial charge in [-0.05, 0) is 75.1 Å². The predicted molar refractivity (Wildman–Crippen MR) is 184 cm³/mol. The number of nitrogens with zero attached hydrogens (tertiary/aromatic N) is 12. The molecule has 4 aromatic heterocycles. The number of ether oxygens (including phenoxy) is 3. The van der Waals surface area contributed by atoms with E-state index in [1.807, 2.05) is 47.6 Å². The molecule has 0 radical (unpaired) electrons. The minimum absolute atomic E-state index is 0.211. The Balaban J connectivity index is 1.07. The normalized spacial score (nSPS) is 21.9. The lowest BCUT2D eigenvalue weighted by Crippen LogP contribution is -2.51. The molecule has 17 heteroatoms. The molecule has 1 aliphatic carbocycles. The zero-order valence-electron chi connectivity index (χ0n) is 28.6. The Bertz CT molecular complexity index is 1850. The molecule has 0 bridgehead atoms. The van der Waals surface area contributed by atoms with E-state index < -0.39 is 0 Å². The summed E-state index contributed by atoms with van der Waals surface area (Å²) in [7, 11) is 1.88. The van der Waals surface area contributed by atoms with Crippen molar-refractivity contribution in [2.24, 2.45) is 7.05 Å². The van der Waals surface area contributed by atoms with E-state index >= 15 is 0 Å². The average Bonchev–Trinajstić information content (AvgIpc) is 3.86. The van der Waals surface area contributed by atoms with E-state index in [0.717, 1.165) is 44.3 Å². The van der Waals surface area contributed by atoms with Crippen LogP contribution in [0, 0.1) is 0 Å². The van der Waals surface area contributed by atoms with Gasteiger partial charge in [0.2, 0.25) is 5.95 Å². The second kappa shape index (κ2) is 15.1. The highest BCUT2D eigenvalue weighted by Gasteiger charge is 2.32. The van der Waals surface area contributed by atoms with Gasteiger partial charge in [-0.25, -0.2) is 14.6 Å². The first-order valence-electron chi connectivity index (χ1n) is 17.0. The van der Waals surface area contributed by atoms with Gasteiger partial charge >= 0.3 is 0 Å². The van der Waals surface area contributed by atoms with Crippen LogP contribution >= 0.6 is 11.6 Å². The summed E-state index contributed by atoms with van der Waals surface area (Å²) in [6, 6.07) is 8.21. The van der Waals surface area contributed by atoms with Crippen molar-refractivity contribution < 1.29 is 14.2 Å². The first-order valence-corrected chi connectivity index (χ1v) is 17.4. The van der Waals surface area contributed by atoms with Crippen LogP contribution in [0.4, 0.5) is 11.6 Å². The van der Waals surface area contributed by atoms with Gasteiger partial charge in [0.15, 0.2) is 5.82 Å². The highest BCUT2D eigenvalue weighted by molar-refractivity contribution is 6.32. The third kappa shape index (κ3) is 8.03. The molecule has 5 aromatic rings. The number of hydrogen-bond donors (Lipinski definition) is 1. The number of anilines is 2. The highest BCUT2D eigenvalue weighted by Crippen LogP contribution is 2.36. The molecule has 1 saturated heterocycles. The average molecular weight is 704 g/mol. The topological polar surface area (TPSA) is 161 Å². The molecular formula is C33H42ClN13O3. The SMILES string of the molecule is C[C@@H]1CN(C2CCC(n3cc(Nc4nccc(-c5ccc(Cl)c(O[C@@H](C)Cn6cnnn6)c5)n4)c(OCc4nncn4C)n3)CC2)C[C@H](C)O1. The lowest BCUT2D eigenvalue weighted by atomic mass is 9.89. The Hall–Kier alpha value is -4.67. The molecule has 50 heavy (non-hydrogen) atoms. The first kappa shape index (κ1) is 33.8. The van der Waals surface area contributed by atoms with Crippen molar-refractivity contribution in [1.82, 2.24) is 59.6 Å². The maximum absolute atomic E-state index is 6.51. The Labute approximate surface area is 295 Å². The molecule has 2 aliphatic rings. The third-order valence-corrected chi connectivity index (χ3v) is 9.45. The third-order valence-electron chi connectivity index (χ3n) is 9.14. The van der Waals surface area contributed by atoms with E-state index in [1.54, 1.807) is 29.6 Å². The number of aryl methyl sites for hydroxylation is 1. The van der Waals surface area contributed by atoms with Gasteiger partial charge in [0.05, 0.1) is 41.7 Å². The molecule has 5 heterocycles. The van der Waals surface area contributed by atoms with Gasteiger partial charge in [0.25, 0.3) is 5.88 Å². The first-order chi connectivity index (χ1) is 24.3. The standard InChI is InChI=1S/C33H42ClN13O3/c1-21-14-45(15-22(2)49-21)25-6-8-26(9-7-25)47-17-29(32(41-47)48-18-31-40-36-19-44(31)4)39-33-35-12-11-28(38-33)24-5-10-27(34)30(13-24)50-23(3)16-46-20-37-42-43-46/h5,10-13,17,19-23,25-26H,6-9,14-16,18H2,1-4H3,(H,35,38,39)/t21-,22+,23-,25?,26?/m0/s1. The molecule has 1 saturated carbocycles. The van der Waals surface area contributed by atoms with Crippen molar-refractivity contribution in [2.75, 3.05) is 18.4 Å². The number of morpholine rings is 1. The van der Waals surface area contributed by atoms with Crippen LogP contribution in [0.2, 0.25) is 5.02 Å². The monoisotopic (exact) mass is 703 g/mol. The van der Waals surface area contributed by atoms with Gasteiger partial charge in [0.1, 0.15) is 36.8 Å². The fraction of sp³-hybridized carbons (Fsp3) is 0.515. The minimum Gasteiger partial charge on any atom is -0.487 e. The minimum atomic E-state index is -0.229. The van der Waals surface area contributed by atoms with E-state index in [0.29, 0.717) is 52.4 Å². The predicted octanol–water partition coefficient (Wildman–Crippen LogP) is 4.49. The Morgan fingerprint density at radius 2 is 1.84 bits per heavy atom. The highest BCUT2D eigenvalue weighted by atomic mass is 35.5. The number of nitrogens with one attached hydrogen (secondary N) is 1. The van der Waals surface area contributed by atoms with Crippen LogP contribution in [0.5, 0.6) is 11.6 Å². The molecule has 7 rings (SSSR count). The summed E-state index contributed by atoms with van der Waals surface area (Å²) in [6.07, 6.45) is 11.4. The summed E-state index contributed by atoms with van der Waals surface area (Å²) in [4.78, 5) is 11.9. The van der Waals surface area contributed by atoms with Crippen molar-refractivity contribution in [2.45, 2.75) is 90.0 Å². The largest absolute Gasteiger partial charge is 0.487 e. The van der Waals surface area contributed by atoms with Gasteiger partial charge in [-0.15, -0.1) is 20.4 Å². The zero-order chi connectivity index (χ0) is 34.6. The van der Waals surface area contributed by atoms with Crippen LogP contribution in [0.15, 0.2) is 49.3 Å². The van der Waals surface area contributed by atoms with Gasteiger partial charge in [-0.2, -0.15) is 0 Å².